The van der Waals surface area contributed by atoms with E-state index in [0.717, 1.165) is 6.42 Å². The van der Waals surface area contributed by atoms with Gasteiger partial charge in [-0.05, 0) is 14.1 Å². The van der Waals surface area contributed by atoms with Crippen LogP contribution in [0.1, 0.15) is 13.3 Å². The molecule has 0 bridgehead atoms. The third-order valence-corrected chi connectivity index (χ3v) is 0.667. The summed E-state index contributed by atoms with van der Waals surface area (Å²) < 4.78 is 0. The summed E-state index contributed by atoms with van der Waals surface area (Å²) in [5.74, 6) is 0. The van der Waals surface area contributed by atoms with E-state index < -0.39 is 0 Å². The van der Waals surface area contributed by atoms with Crippen LogP contribution in [0.2, 0.25) is 0 Å². The van der Waals surface area contributed by atoms with E-state index >= 15 is 0 Å². The van der Waals surface area contributed by atoms with Crippen molar-refractivity contribution in [3.05, 3.63) is 43.3 Å². The van der Waals surface area contributed by atoms with E-state index in [2.05, 4.69) is 18.4 Å². The van der Waals surface area contributed by atoms with Crippen LogP contribution >= 0.6 is 0 Å². The van der Waals surface area contributed by atoms with E-state index in [9.17, 15) is 0 Å². The Kier molecular flexibility index (Phi) is 64.3. The molecule has 1 radical (unpaired) electrons. The Morgan fingerprint density at radius 2 is 0.857 bits per heavy atom. The minimum absolute atomic E-state index is 0. The first-order valence-electron chi connectivity index (χ1n) is 4.36. The first-order valence-corrected chi connectivity index (χ1v) is 4.36. The number of hydrogen-bond acceptors (Lipinski definition) is 2. The van der Waals surface area contributed by atoms with Gasteiger partial charge in [-0.3, -0.25) is 0 Å². The normalized spacial score (nSPS) is 5.57. The van der Waals surface area contributed by atoms with Gasteiger partial charge < -0.3 is 18.4 Å². The van der Waals surface area contributed by atoms with Crippen LogP contribution in [0.25, 0.3) is 0 Å². The van der Waals surface area contributed by atoms with Gasteiger partial charge in [0, 0.05) is 32.7 Å². The van der Waals surface area contributed by atoms with Crippen LogP contribution in [0, 0.1) is 6.92 Å². The molecule has 2 nitrogen and oxygen atoms in total. The van der Waals surface area contributed by atoms with Crippen LogP contribution < -0.4 is 11.5 Å². The van der Waals surface area contributed by atoms with Crippen molar-refractivity contribution in [3.8, 4) is 0 Å². The molecule has 4 N–H and O–H groups in total. The van der Waals surface area contributed by atoms with Crippen LogP contribution in [0.4, 0.5) is 0 Å². The Bertz CT molecular complexity index is 96.1. The molecule has 0 saturated heterocycles. The molecule has 0 saturated carbocycles. The number of nitrogens with two attached hydrogens (primary N) is 2. The van der Waals surface area contributed by atoms with Crippen LogP contribution in [-0.2, 0) is 32.7 Å². The number of benzene rings is 1. The van der Waals surface area contributed by atoms with Gasteiger partial charge in [-0.15, -0.1) is 0 Å². The Morgan fingerprint density at radius 1 is 0.786 bits per heavy atom. The molecule has 14 heavy (non-hydrogen) atoms. The molecule has 0 amide bonds. The van der Waals surface area contributed by atoms with Gasteiger partial charge >= 0.3 is 0 Å². The quantitative estimate of drug-likeness (QED) is 0.710. The van der Waals surface area contributed by atoms with Crippen molar-refractivity contribution in [3.63, 3.8) is 0 Å². The molecule has 1 aromatic carbocycles. The maximum Gasteiger partial charge on any atom is 0 e. The minimum Gasteiger partial charge on any atom is -0.344 e. The van der Waals surface area contributed by atoms with Gasteiger partial charge in [-0.2, -0.15) is 6.42 Å². The van der Waals surface area contributed by atoms with Crippen LogP contribution in [0.5, 0.6) is 0 Å². The molecule has 0 unspecified atom stereocenters. The second kappa shape index (κ2) is 37.8. The van der Waals surface area contributed by atoms with Crippen LogP contribution in [0.15, 0.2) is 36.4 Å². The van der Waals surface area contributed by atoms with Gasteiger partial charge in [0.1, 0.15) is 0 Å². The van der Waals surface area contributed by atoms with Crippen molar-refractivity contribution in [1.29, 1.82) is 0 Å². The SMILES string of the molecule is CN.CN.[CH2-]CC.[Y].c1ccccc1. The molecular formula is C11H23N2Y-. The van der Waals surface area contributed by atoms with E-state index in [1.165, 1.54) is 14.1 Å². The predicted molar refractivity (Wildman–Crippen MR) is 62.3 cm³/mol. The Balaban J connectivity index is -0.0000000549. The summed E-state index contributed by atoms with van der Waals surface area (Å²) in [5, 5.41) is 0. The van der Waals surface area contributed by atoms with E-state index in [1.54, 1.807) is 0 Å². The first-order chi connectivity index (χ1) is 6.41. The third kappa shape index (κ3) is 39.7. The average Bonchev–Trinajstić information content (AvgIpc) is 2.27. The summed E-state index contributed by atoms with van der Waals surface area (Å²) in [6, 6.07) is 12.0. The van der Waals surface area contributed by atoms with Crippen molar-refractivity contribution in [1.82, 2.24) is 0 Å². The van der Waals surface area contributed by atoms with Crippen LogP contribution in [-0.4, -0.2) is 14.1 Å². The van der Waals surface area contributed by atoms with E-state index in [0.29, 0.717) is 0 Å². The van der Waals surface area contributed by atoms with E-state index in [1.807, 2.05) is 43.3 Å². The van der Waals surface area contributed by atoms with Crippen LogP contribution in [0.3, 0.4) is 0 Å². The van der Waals surface area contributed by atoms with Crippen molar-refractivity contribution >= 4 is 0 Å². The first kappa shape index (κ1) is 23.8. The average molecular weight is 272 g/mol. The molecule has 0 aliphatic rings. The summed E-state index contributed by atoms with van der Waals surface area (Å²) in [7, 11) is 3.00. The fourth-order valence-corrected chi connectivity index (χ4v) is 0.385. The summed E-state index contributed by atoms with van der Waals surface area (Å²) in [6.45, 7) is 5.50. The number of rotatable bonds is 0. The molecule has 0 atom stereocenters. The molecule has 0 aliphatic heterocycles. The zero-order chi connectivity index (χ0) is 10.9. The molecule has 1 rings (SSSR count). The summed E-state index contributed by atoms with van der Waals surface area (Å²) in [4.78, 5) is 0. The smallest absolute Gasteiger partial charge is 0 e. The topological polar surface area (TPSA) is 52.0 Å². The van der Waals surface area contributed by atoms with Gasteiger partial charge in [0.25, 0.3) is 0 Å². The largest absolute Gasteiger partial charge is 0.344 e. The Morgan fingerprint density at radius 3 is 0.929 bits per heavy atom. The summed E-state index contributed by atoms with van der Waals surface area (Å²) in [6.07, 6.45) is 1.00. The minimum atomic E-state index is 0. The van der Waals surface area contributed by atoms with Crippen molar-refractivity contribution < 1.29 is 32.7 Å². The molecule has 3 heteroatoms. The second-order valence-corrected chi connectivity index (χ2v) is 1.65. The summed E-state index contributed by atoms with van der Waals surface area (Å²) >= 11 is 0. The second-order valence-electron chi connectivity index (χ2n) is 1.65. The molecule has 1 aromatic rings. The fraction of sp³-hybridized carbons (Fsp3) is 0.364. The third-order valence-electron chi connectivity index (χ3n) is 0.667. The number of hydrogen-bond donors (Lipinski definition) is 2. The molecule has 0 aromatic heterocycles. The molecule has 0 aliphatic carbocycles. The van der Waals surface area contributed by atoms with Gasteiger partial charge in [0.2, 0.25) is 0 Å². The van der Waals surface area contributed by atoms with E-state index in [-0.39, 0.29) is 32.7 Å². The molecule has 0 fully saturated rings. The van der Waals surface area contributed by atoms with Crippen molar-refractivity contribution in [2.24, 2.45) is 11.5 Å². The molecule has 0 spiro atoms. The molecular weight excluding hydrogens is 249 g/mol. The zero-order valence-electron chi connectivity index (χ0n) is 9.61. The maximum absolute atomic E-state index is 4.50. The summed E-state index contributed by atoms with van der Waals surface area (Å²) in [5.41, 5.74) is 9.00. The maximum atomic E-state index is 4.50. The molecule has 0 heterocycles. The fourth-order valence-electron chi connectivity index (χ4n) is 0.385. The molecule has 81 valence electrons. The van der Waals surface area contributed by atoms with Crippen molar-refractivity contribution in [2.75, 3.05) is 14.1 Å². The van der Waals surface area contributed by atoms with Crippen molar-refractivity contribution in [2.45, 2.75) is 13.3 Å². The van der Waals surface area contributed by atoms with Gasteiger partial charge in [0.05, 0.1) is 0 Å². The van der Waals surface area contributed by atoms with Gasteiger partial charge in [-0.1, -0.05) is 43.3 Å². The van der Waals surface area contributed by atoms with Gasteiger partial charge in [-0.25, -0.2) is 0 Å². The predicted octanol–water partition coefficient (Wildman–Crippen LogP) is 2.06. The standard InChI is InChI=1S/C6H6.C3H7.2CH5N.Y/c1-2-4-6-5-3-1;1-3-2;2*1-2;/h1-6H;1,3H2,2H3;2*2H2,1H3;/q;-1;;;. The van der Waals surface area contributed by atoms with E-state index in [4.69, 9.17) is 0 Å². The zero-order valence-corrected chi connectivity index (χ0v) is 12.4. The van der Waals surface area contributed by atoms with Gasteiger partial charge in [0.15, 0.2) is 0 Å². The Labute approximate surface area is 114 Å². The Hall–Kier alpha value is 0.244. The monoisotopic (exact) mass is 272 g/mol.